The van der Waals surface area contributed by atoms with Crippen LogP contribution in [0.1, 0.15) is 19.4 Å². The average molecular weight is 215 g/mol. The van der Waals surface area contributed by atoms with Crippen LogP contribution in [0.4, 0.5) is 0 Å². The highest BCUT2D eigenvalue weighted by atomic mass is 16.2. The highest BCUT2D eigenvalue weighted by Crippen LogP contribution is 2.12. The minimum atomic E-state index is -0.0728. The third-order valence-corrected chi connectivity index (χ3v) is 2.25. The maximum atomic E-state index is 11.9. The first-order valence-corrected chi connectivity index (χ1v) is 5.19. The summed E-state index contributed by atoms with van der Waals surface area (Å²) in [6.45, 7) is 11.6. The average Bonchev–Trinajstić information content (AvgIpc) is 2.26. The van der Waals surface area contributed by atoms with Gasteiger partial charge in [0.1, 0.15) is 0 Å². The van der Waals surface area contributed by atoms with E-state index in [1.165, 1.54) is 0 Å². The molecule has 0 unspecified atom stereocenters. The van der Waals surface area contributed by atoms with Crippen LogP contribution in [0, 0.1) is 0 Å². The predicted octanol–water partition coefficient (Wildman–Crippen LogP) is 3.12. The number of hydrogen-bond donors (Lipinski definition) is 0. The van der Waals surface area contributed by atoms with E-state index in [0.29, 0.717) is 12.1 Å². The smallest absolute Gasteiger partial charge is 0.253 e. The molecule has 0 aliphatic heterocycles. The van der Waals surface area contributed by atoms with Crippen LogP contribution in [0.25, 0.3) is 0 Å². The summed E-state index contributed by atoms with van der Waals surface area (Å²) in [5.74, 6) is -0.0728. The Hall–Kier alpha value is -1.83. The molecule has 0 saturated carbocycles. The van der Waals surface area contributed by atoms with Crippen LogP contribution in [-0.2, 0) is 11.3 Å². The summed E-state index contributed by atoms with van der Waals surface area (Å²) in [7, 11) is 0. The van der Waals surface area contributed by atoms with Crippen molar-refractivity contribution in [1.29, 1.82) is 0 Å². The zero-order chi connectivity index (χ0) is 12.1. The van der Waals surface area contributed by atoms with Crippen molar-refractivity contribution in [2.24, 2.45) is 0 Å². The van der Waals surface area contributed by atoms with Crippen molar-refractivity contribution in [3.05, 3.63) is 60.3 Å². The van der Waals surface area contributed by atoms with Gasteiger partial charge >= 0.3 is 0 Å². The number of amides is 1. The van der Waals surface area contributed by atoms with Crippen LogP contribution in [0.15, 0.2) is 54.8 Å². The van der Waals surface area contributed by atoms with Gasteiger partial charge in [0.15, 0.2) is 0 Å². The van der Waals surface area contributed by atoms with Gasteiger partial charge in [0.2, 0.25) is 0 Å². The van der Waals surface area contributed by atoms with E-state index in [0.717, 1.165) is 11.3 Å². The topological polar surface area (TPSA) is 20.3 Å². The first-order valence-electron chi connectivity index (χ1n) is 5.19. The fourth-order valence-electron chi connectivity index (χ4n) is 1.38. The Labute approximate surface area is 96.9 Å². The molecular weight excluding hydrogens is 198 g/mol. The molecule has 0 atom stereocenters. The maximum absolute atomic E-state index is 11.9. The van der Waals surface area contributed by atoms with Crippen LogP contribution in [0.2, 0.25) is 0 Å². The van der Waals surface area contributed by atoms with E-state index in [9.17, 15) is 4.79 Å². The van der Waals surface area contributed by atoms with Gasteiger partial charge in [0, 0.05) is 11.3 Å². The number of carbonyl (C=O) groups excluding carboxylic acids is 1. The fourth-order valence-corrected chi connectivity index (χ4v) is 1.38. The lowest BCUT2D eigenvalue weighted by atomic mass is 10.2. The Bertz CT molecular complexity index is 406. The number of rotatable bonds is 4. The van der Waals surface area contributed by atoms with E-state index in [4.69, 9.17) is 0 Å². The molecule has 0 bridgehead atoms. The molecule has 0 heterocycles. The molecule has 0 N–H and O–H groups in total. The Balaban J connectivity index is 2.85. The van der Waals surface area contributed by atoms with Gasteiger partial charge in [-0.1, -0.05) is 43.5 Å². The van der Waals surface area contributed by atoms with Gasteiger partial charge in [0.05, 0.1) is 6.54 Å². The SMILES string of the molecule is C=C(C)C(=O)N(Cc1ccccc1)C(=C)C. The Kier molecular flexibility index (Phi) is 4.06. The third-order valence-electron chi connectivity index (χ3n) is 2.25. The number of hydrogen-bond acceptors (Lipinski definition) is 1. The second-order valence-corrected chi connectivity index (χ2v) is 3.89. The maximum Gasteiger partial charge on any atom is 0.253 e. The Morgan fingerprint density at radius 1 is 1.19 bits per heavy atom. The van der Waals surface area contributed by atoms with Crippen molar-refractivity contribution in [2.45, 2.75) is 20.4 Å². The molecule has 0 aromatic heterocycles. The largest absolute Gasteiger partial charge is 0.309 e. The lowest BCUT2D eigenvalue weighted by molar-refractivity contribution is -0.125. The van der Waals surface area contributed by atoms with Crippen LogP contribution in [0.3, 0.4) is 0 Å². The summed E-state index contributed by atoms with van der Waals surface area (Å²) in [5.41, 5.74) is 2.34. The predicted molar refractivity (Wildman–Crippen MR) is 66.6 cm³/mol. The molecule has 1 aromatic rings. The van der Waals surface area contributed by atoms with E-state index in [2.05, 4.69) is 13.2 Å². The van der Waals surface area contributed by atoms with Gasteiger partial charge in [-0.25, -0.2) is 0 Å². The molecule has 0 saturated heterocycles. The van der Waals surface area contributed by atoms with Gasteiger partial charge in [-0.15, -0.1) is 0 Å². The number of allylic oxidation sites excluding steroid dienone is 1. The first kappa shape index (κ1) is 12.2. The van der Waals surface area contributed by atoms with Gasteiger partial charge in [-0.3, -0.25) is 4.79 Å². The monoisotopic (exact) mass is 215 g/mol. The standard InChI is InChI=1S/C14H17NO/c1-11(2)14(16)15(12(3)4)10-13-8-6-5-7-9-13/h5-9H,1,3,10H2,2,4H3. The van der Waals surface area contributed by atoms with Crippen molar-refractivity contribution in [3.63, 3.8) is 0 Å². The normalized spacial score (nSPS) is 9.62. The molecule has 1 amide bonds. The highest BCUT2D eigenvalue weighted by Gasteiger charge is 2.14. The summed E-state index contributed by atoms with van der Waals surface area (Å²) in [4.78, 5) is 13.5. The van der Waals surface area contributed by atoms with Gasteiger partial charge in [0.25, 0.3) is 5.91 Å². The van der Waals surface area contributed by atoms with Gasteiger partial charge < -0.3 is 4.90 Å². The summed E-state index contributed by atoms with van der Waals surface area (Å²) in [6, 6.07) is 9.84. The Morgan fingerprint density at radius 2 is 1.75 bits per heavy atom. The van der Waals surface area contributed by atoms with Crippen molar-refractivity contribution in [3.8, 4) is 0 Å². The quantitative estimate of drug-likeness (QED) is 0.707. The molecule has 84 valence electrons. The summed E-state index contributed by atoms with van der Waals surface area (Å²) >= 11 is 0. The molecule has 0 aliphatic carbocycles. The van der Waals surface area contributed by atoms with Crippen LogP contribution < -0.4 is 0 Å². The molecule has 0 radical (unpaired) electrons. The summed E-state index contributed by atoms with van der Waals surface area (Å²) in [6.07, 6.45) is 0. The third kappa shape index (κ3) is 3.09. The van der Waals surface area contributed by atoms with Crippen molar-refractivity contribution >= 4 is 5.91 Å². The molecule has 0 spiro atoms. The highest BCUT2D eigenvalue weighted by molar-refractivity contribution is 5.93. The molecule has 1 rings (SSSR count). The van der Waals surface area contributed by atoms with Crippen LogP contribution >= 0.6 is 0 Å². The van der Waals surface area contributed by atoms with E-state index in [1.807, 2.05) is 37.3 Å². The zero-order valence-corrected chi connectivity index (χ0v) is 9.86. The summed E-state index contributed by atoms with van der Waals surface area (Å²) in [5, 5.41) is 0. The van der Waals surface area contributed by atoms with Crippen LogP contribution in [0.5, 0.6) is 0 Å². The van der Waals surface area contributed by atoms with E-state index in [1.54, 1.807) is 11.8 Å². The molecule has 0 fully saturated rings. The fraction of sp³-hybridized carbons (Fsp3) is 0.214. The van der Waals surface area contributed by atoms with Crippen LogP contribution in [-0.4, -0.2) is 10.8 Å². The lowest BCUT2D eigenvalue weighted by Crippen LogP contribution is -2.28. The number of carbonyl (C=O) groups is 1. The van der Waals surface area contributed by atoms with E-state index < -0.39 is 0 Å². The second kappa shape index (κ2) is 5.31. The number of nitrogens with zero attached hydrogens (tertiary/aromatic N) is 1. The minimum Gasteiger partial charge on any atom is -0.309 e. The van der Waals surface area contributed by atoms with Crippen molar-refractivity contribution in [2.75, 3.05) is 0 Å². The molecule has 16 heavy (non-hydrogen) atoms. The van der Waals surface area contributed by atoms with E-state index >= 15 is 0 Å². The van der Waals surface area contributed by atoms with Gasteiger partial charge in [-0.05, 0) is 19.4 Å². The van der Waals surface area contributed by atoms with E-state index in [-0.39, 0.29) is 5.91 Å². The first-order chi connectivity index (χ1) is 7.52. The number of benzene rings is 1. The summed E-state index contributed by atoms with van der Waals surface area (Å²) < 4.78 is 0. The van der Waals surface area contributed by atoms with Crippen molar-refractivity contribution < 1.29 is 4.79 Å². The molecule has 2 nitrogen and oxygen atoms in total. The zero-order valence-electron chi connectivity index (χ0n) is 9.86. The minimum absolute atomic E-state index is 0.0728. The molecule has 0 aliphatic rings. The lowest BCUT2D eigenvalue weighted by Gasteiger charge is -2.22. The second-order valence-electron chi connectivity index (χ2n) is 3.89. The molecular formula is C14H17NO. The van der Waals surface area contributed by atoms with Gasteiger partial charge in [-0.2, -0.15) is 0 Å². The van der Waals surface area contributed by atoms with Crippen molar-refractivity contribution in [1.82, 2.24) is 4.90 Å². The molecule has 2 heteroatoms. The molecule has 1 aromatic carbocycles. The Morgan fingerprint density at radius 3 is 2.19 bits per heavy atom.